The van der Waals surface area contributed by atoms with Gasteiger partial charge in [0.05, 0.1) is 0 Å². The Morgan fingerprint density at radius 2 is 2.19 bits per heavy atom. The lowest BCUT2D eigenvalue weighted by atomic mass is 10.3. The second kappa shape index (κ2) is 3.96. The predicted molar refractivity (Wildman–Crippen MR) is 56.9 cm³/mol. The minimum atomic E-state index is -1.46. The van der Waals surface area contributed by atoms with Crippen LogP contribution in [0.15, 0.2) is 22.6 Å². The Hall–Kier alpha value is -1.84. The maximum atomic E-state index is 10.8. The second-order valence-corrected chi connectivity index (χ2v) is 4.06. The molecule has 1 aliphatic rings. The van der Waals surface area contributed by atoms with Crippen molar-refractivity contribution in [3.8, 4) is 0 Å². The Morgan fingerprint density at radius 3 is 2.75 bits per heavy atom. The highest BCUT2D eigenvalue weighted by Crippen LogP contribution is 2.47. The van der Waals surface area contributed by atoms with Gasteiger partial charge in [-0.3, -0.25) is 4.79 Å². The highest BCUT2D eigenvalue weighted by molar-refractivity contribution is 6.38. The first-order valence-corrected chi connectivity index (χ1v) is 5.13. The largest absolute Gasteiger partial charge is 0.475 e. The summed E-state index contributed by atoms with van der Waals surface area (Å²) in [6.07, 6.45) is 3.51. The van der Waals surface area contributed by atoms with Crippen molar-refractivity contribution in [2.24, 2.45) is 5.92 Å². The molecule has 0 amide bonds. The number of hydrogen-bond acceptors (Lipinski definition) is 3. The SMILES string of the molecule is CC1CC1c1ccc(/C=C/C(=O)C(=O)O)o1. The smallest absolute Gasteiger partial charge is 0.376 e. The van der Waals surface area contributed by atoms with Crippen molar-refractivity contribution in [2.75, 3.05) is 0 Å². The number of carbonyl (C=O) groups excluding carboxylic acids is 1. The summed E-state index contributed by atoms with van der Waals surface area (Å²) in [7, 11) is 0. The molecule has 1 aromatic heterocycles. The third-order valence-electron chi connectivity index (χ3n) is 2.73. The van der Waals surface area contributed by atoms with Gasteiger partial charge < -0.3 is 9.52 Å². The molecule has 1 N–H and O–H groups in total. The number of carboxylic acid groups (broad SMARTS) is 1. The number of carbonyl (C=O) groups is 2. The maximum absolute atomic E-state index is 10.8. The summed E-state index contributed by atoms with van der Waals surface area (Å²) in [5.74, 6) is 0.163. The van der Waals surface area contributed by atoms with Gasteiger partial charge in [0.1, 0.15) is 11.5 Å². The predicted octanol–water partition coefficient (Wildman–Crippen LogP) is 2.07. The van der Waals surface area contributed by atoms with E-state index in [4.69, 9.17) is 9.52 Å². The maximum Gasteiger partial charge on any atom is 0.376 e. The number of hydrogen-bond donors (Lipinski definition) is 1. The summed E-state index contributed by atoms with van der Waals surface area (Å²) >= 11 is 0. The zero-order chi connectivity index (χ0) is 11.7. The Labute approximate surface area is 92.6 Å². The van der Waals surface area contributed by atoms with Crippen LogP contribution in [0.2, 0.25) is 0 Å². The van der Waals surface area contributed by atoms with Crippen molar-refractivity contribution in [3.63, 3.8) is 0 Å². The molecule has 0 aromatic carbocycles. The molecule has 0 radical (unpaired) electrons. The van der Waals surface area contributed by atoms with Crippen LogP contribution in [0.1, 0.15) is 30.8 Å². The minimum Gasteiger partial charge on any atom is -0.475 e. The third-order valence-corrected chi connectivity index (χ3v) is 2.73. The number of carboxylic acids is 1. The summed E-state index contributed by atoms with van der Waals surface area (Å²) in [5, 5.41) is 8.37. The zero-order valence-corrected chi connectivity index (χ0v) is 8.84. The molecule has 0 saturated heterocycles. The summed E-state index contributed by atoms with van der Waals surface area (Å²) in [6.45, 7) is 2.15. The van der Waals surface area contributed by atoms with Crippen LogP contribution in [0, 0.1) is 5.92 Å². The molecule has 4 nitrogen and oxygen atoms in total. The second-order valence-electron chi connectivity index (χ2n) is 4.06. The Morgan fingerprint density at radius 1 is 1.50 bits per heavy atom. The first kappa shape index (κ1) is 10.7. The highest BCUT2D eigenvalue weighted by Gasteiger charge is 2.36. The van der Waals surface area contributed by atoms with Gasteiger partial charge in [-0.15, -0.1) is 0 Å². The van der Waals surface area contributed by atoms with Crippen LogP contribution < -0.4 is 0 Å². The van der Waals surface area contributed by atoms with Gasteiger partial charge in [0.15, 0.2) is 0 Å². The molecule has 1 saturated carbocycles. The van der Waals surface area contributed by atoms with Gasteiger partial charge >= 0.3 is 5.97 Å². The van der Waals surface area contributed by atoms with E-state index in [0.29, 0.717) is 17.6 Å². The highest BCUT2D eigenvalue weighted by atomic mass is 16.4. The van der Waals surface area contributed by atoms with E-state index in [2.05, 4.69) is 6.92 Å². The zero-order valence-electron chi connectivity index (χ0n) is 8.84. The third kappa shape index (κ3) is 2.21. The summed E-state index contributed by atoms with van der Waals surface area (Å²) in [6, 6.07) is 3.62. The van der Waals surface area contributed by atoms with Gasteiger partial charge in [0.2, 0.25) is 0 Å². The molecule has 2 unspecified atom stereocenters. The van der Waals surface area contributed by atoms with Crippen LogP contribution in [-0.4, -0.2) is 16.9 Å². The van der Waals surface area contributed by atoms with Crippen molar-refractivity contribution >= 4 is 17.8 Å². The average Bonchev–Trinajstić information content (AvgIpc) is 2.80. The lowest BCUT2D eigenvalue weighted by Crippen LogP contribution is -2.08. The topological polar surface area (TPSA) is 67.5 Å². The van der Waals surface area contributed by atoms with Crippen molar-refractivity contribution in [1.82, 2.24) is 0 Å². The molecule has 16 heavy (non-hydrogen) atoms. The van der Waals surface area contributed by atoms with E-state index in [1.807, 2.05) is 6.07 Å². The fraction of sp³-hybridized carbons (Fsp3) is 0.333. The van der Waals surface area contributed by atoms with Gasteiger partial charge in [0.25, 0.3) is 5.78 Å². The number of furan rings is 1. The van der Waals surface area contributed by atoms with Crippen molar-refractivity contribution in [2.45, 2.75) is 19.3 Å². The minimum absolute atomic E-state index is 0.484. The van der Waals surface area contributed by atoms with Gasteiger partial charge in [-0.2, -0.15) is 0 Å². The fourth-order valence-electron chi connectivity index (χ4n) is 1.60. The van der Waals surface area contributed by atoms with E-state index in [1.165, 1.54) is 6.08 Å². The number of aliphatic carboxylic acids is 1. The van der Waals surface area contributed by atoms with Crippen molar-refractivity contribution < 1.29 is 19.1 Å². The lowest BCUT2D eigenvalue weighted by molar-refractivity contribution is -0.146. The molecule has 0 aliphatic heterocycles. The number of rotatable bonds is 4. The van der Waals surface area contributed by atoms with Crippen LogP contribution in [0.5, 0.6) is 0 Å². The molecule has 1 heterocycles. The first-order chi connectivity index (χ1) is 7.58. The molecule has 1 aliphatic carbocycles. The van der Waals surface area contributed by atoms with Gasteiger partial charge in [-0.25, -0.2) is 4.79 Å². The molecular formula is C12H12O4. The summed E-state index contributed by atoms with van der Waals surface area (Å²) in [4.78, 5) is 21.0. The molecule has 84 valence electrons. The molecular weight excluding hydrogens is 208 g/mol. The molecule has 0 bridgehead atoms. The van der Waals surface area contributed by atoms with E-state index in [0.717, 1.165) is 18.3 Å². The van der Waals surface area contributed by atoms with E-state index >= 15 is 0 Å². The van der Waals surface area contributed by atoms with Gasteiger partial charge in [0, 0.05) is 5.92 Å². The Balaban J connectivity index is 2.03. The quantitative estimate of drug-likeness (QED) is 0.623. The van der Waals surface area contributed by atoms with E-state index in [1.54, 1.807) is 6.07 Å². The summed E-state index contributed by atoms with van der Waals surface area (Å²) < 4.78 is 5.48. The van der Waals surface area contributed by atoms with E-state index in [-0.39, 0.29) is 0 Å². The van der Waals surface area contributed by atoms with Crippen molar-refractivity contribution in [1.29, 1.82) is 0 Å². The molecule has 0 spiro atoms. The Kier molecular flexibility index (Phi) is 2.64. The molecule has 2 atom stereocenters. The van der Waals surface area contributed by atoms with E-state index in [9.17, 15) is 9.59 Å². The summed E-state index contributed by atoms with van der Waals surface area (Å²) in [5.41, 5.74) is 0. The molecule has 4 heteroatoms. The first-order valence-electron chi connectivity index (χ1n) is 5.13. The van der Waals surface area contributed by atoms with Crippen LogP contribution in [-0.2, 0) is 9.59 Å². The normalized spacial score (nSPS) is 23.6. The Bertz CT molecular complexity index is 455. The van der Waals surface area contributed by atoms with E-state index < -0.39 is 11.8 Å². The molecule has 2 rings (SSSR count). The number of ketones is 1. The van der Waals surface area contributed by atoms with Crippen LogP contribution in [0.25, 0.3) is 6.08 Å². The molecule has 1 aromatic rings. The average molecular weight is 220 g/mol. The van der Waals surface area contributed by atoms with Crippen LogP contribution in [0.4, 0.5) is 0 Å². The lowest BCUT2D eigenvalue weighted by Gasteiger charge is -1.90. The standard InChI is InChI=1S/C12H12O4/c1-7-6-9(7)11-5-3-8(16-11)2-4-10(13)12(14)15/h2-5,7,9H,6H2,1H3,(H,14,15)/b4-2+. The van der Waals surface area contributed by atoms with Gasteiger partial charge in [-0.05, 0) is 36.6 Å². The van der Waals surface area contributed by atoms with Crippen molar-refractivity contribution in [3.05, 3.63) is 29.7 Å². The molecule has 1 fully saturated rings. The van der Waals surface area contributed by atoms with Gasteiger partial charge in [-0.1, -0.05) is 6.92 Å². The van der Waals surface area contributed by atoms with Crippen LogP contribution in [0.3, 0.4) is 0 Å². The van der Waals surface area contributed by atoms with Crippen LogP contribution >= 0.6 is 0 Å². The fourth-order valence-corrected chi connectivity index (χ4v) is 1.60. The monoisotopic (exact) mass is 220 g/mol.